The summed E-state index contributed by atoms with van der Waals surface area (Å²) in [5.41, 5.74) is 1.37. The van der Waals surface area contributed by atoms with Crippen LogP contribution in [0.2, 0.25) is 0 Å². The van der Waals surface area contributed by atoms with E-state index in [1.54, 1.807) is 0 Å². The molecule has 0 bridgehead atoms. The highest BCUT2D eigenvalue weighted by Gasteiger charge is 1.83. The summed E-state index contributed by atoms with van der Waals surface area (Å²) in [6.07, 6.45) is 3.20. The Hall–Kier alpha value is 0.0900. The molecule has 0 nitrogen and oxygen atoms in total. The largest absolute Gasteiger partial charge is 0.0894 e. The van der Waals surface area contributed by atoms with E-state index >= 15 is 0 Å². The Balaban J connectivity index is 3.38. The first kappa shape index (κ1) is 7.09. The molecule has 41 valence electrons. The molecular formula is C6H11S. The lowest BCUT2D eigenvalue weighted by atomic mass is 10.2. The van der Waals surface area contributed by atoms with Gasteiger partial charge in [0.15, 0.2) is 0 Å². The van der Waals surface area contributed by atoms with E-state index in [1.807, 2.05) is 6.92 Å². The monoisotopic (exact) mass is 115 g/mol. The van der Waals surface area contributed by atoms with Crippen LogP contribution in [-0.2, 0) is 0 Å². The van der Waals surface area contributed by atoms with Crippen molar-refractivity contribution in [2.45, 2.75) is 20.3 Å². The highest BCUT2D eigenvalue weighted by Crippen LogP contribution is 2.00. The van der Waals surface area contributed by atoms with E-state index in [0.717, 1.165) is 12.2 Å². The molecule has 1 radical (unpaired) electrons. The van der Waals surface area contributed by atoms with Crippen LogP contribution in [0, 0.1) is 0 Å². The molecule has 7 heavy (non-hydrogen) atoms. The van der Waals surface area contributed by atoms with Crippen LogP contribution in [0.1, 0.15) is 20.3 Å². The van der Waals surface area contributed by atoms with Gasteiger partial charge in [0.05, 0.1) is 0 Å². The predicted molar refractivity (Wildman–Crippen MR) is 36.5 cm³/mol. The van der Waals surface area contributed by atoms with Crippen LogP contribution in [0.15, 0.2) is 11.6 Å². The Labute approximate surface area is 51.0 Å². The highest BCUT2D eigenvalue weighted by atomic mass is 32.1. The average molecular weight is 115 g/mol. The van der Waals surface area contributed by atoms with Crippen molar-refractivity contribution in [3.05, 3.63) is 11.6 Å². The lowest BCUT2D eigenvalue weighted by molar-refractivity contribution is 1.10. The Bertz CT molecular complexity index is 58.6. The minimum atomic E-state index is 0.799. The van der Waals surface area contributed by atoms with Gasteiger partial charge in [0.2, 0.25) is 0 Å². The van der Waals surface area contributed by atoms with Crippen molar-refractivity contribution in [1.29, 1.82) is 0 Å². The zero-order valence-corrected chi connectivity index (χ0v) is 5.72. The maximum Gasteiger partial charge on any atom is 0.0247 e. The molecular weight excluding hydrogens is 104 g/mol. The van der Waals surface area contributed by atoms with Crippen molar-refractivity contribution in [3.8, 4) is 0 Å². The molecule has 0 fully saturated rings. The molecule has 0 saturated heterocycles. The predicted octanol–water partition coefficient (Wildman–Crippen LogP) is 2.54. The van der Waals surface area contributed by atoms with E-state index in [9.17, 15) is 0 Å². The molecule has 0 unspecified atom stereocenters. The van der Waals surface area contributed by atoms with E-state index in [0.29, 0.717) is 0 Å². The molecule has 0 atom stereocenters. The third kappa shape index (κ3) is 2.75. The normalized spacial score (nSPS) is 12.1. The molecule has 0 aromatic carbocycles. The lowest BCUT2D eigenvalue weighted by Gasteiger charge is -1.91. The molecule has 0 rings (SSSR count). The fourth-order valence-electron chi connectivity index (χ4n) is 0.390. The number of hydrogen-bond acceptors (Lipinski definition) is 0. The number of rotatable bonds is 2. The fourth-order valence-corrected chi connectivity index (χ4v) is 0.760. The Morgan fingerprint density at radius 3 is 2.29 bits per heavy atom. The van der Waals surface area contributed by atoms with Gasteiger partial charge in [0, 0.05) is 5.75 Å². The maximum absolute atomic E-state index is 4.80. The summed E-state index contributed by atoms with van der Waals surface area (Å²) >= 11 is 4.80. The van der Waals surface area contributed by atoms with E-state index in [2.05, 4.69) is 13.0 Å². The summed E-state index contributed by atoms with van der Waals surface area (Å²) in [5, 5.41) is 0. The first-order chi connectivity index (χ1) is 3.35. The van der Waals surface area contributed by atoms with E-state index in [-0.39, 0.29) is 0 Å². The van der Waals surface area contributed by atoms with Crippen molar-refractivity contribution >= 4 is 12.6 Å². The second kappa shape index (κ2) is 4.25. The van der Waals surface area contributed by atoms with Gasteiger partial charge >= 0.3 is 0 Å². The van der Waals surface area contributed by atoms with Crippen molar-refractivity contribution in [2.24, 2.45) is 0 Å². The number of hydrogen-bond donors (Lipinski definition) is 0. The van der Waals surface area contributed by atoms with Gasteiger partial charge in [-0.25, -0.2) is 0 Å². The molecule has 0 aromatic rings. The molecule has 0 spiro atoms. The summed E-state index contributed by atoms with van der Waals surface area (Å²) < 4.78 is 0. The Morgan fingerprint density at radius 1 is 1.71 bits per heavy atom. The van der Waals surface area contributed by atoms with Gasteiger partial charge in [-0.3, -0.25) is 0 Å². The summed E-state index contributed by atoms with van der Waals surface area (Å²) in [6, 6.07) is 0. The van der Waals surface area contributed by atoms with Gasteiger partial charge in [-0.15, -0.1) is 0 Å². The summed E-state index contributed by atoms with van der Waals surface area (Å²) in [4.78, 5) is 0. The molecule has 0 aliphatic heterocycles. The zero-order valence-electron chi connectivity index (χ0n) is 4.90. The van der Waals surface area contributed by atoms with E-state index in [4.69, 9.17) is 12.6 Å². The molecule has 0 heterocycles. The molecule has 0 amide bonds. The molecule has 0 aromatic heterocycles. The first-order valence-electron chi connectivity index (χ1n) is 2.57. The van der Waals surface area contributed by atoms with Crippen LogP contribution >= 0.6 is 12.6 Å². The highest BCUT2D eigenvalue weighted by molar-refractivity contribution is 7.80. The average Bonchev–Trinajstić information content (AvgIpc) is 1.72. The minimum Gasteiger partial charge on any atom is -0.0894 e. The van der Waals surface area contributed by atoms with Crippen LogP contribution in [-0.4, -0.2) is 5.75 Å². The lowest BCUT2D eigenvalue weighted by Crippen LogP contribution is -1.78. The van der Waals surface area contributed by atoms with E-state index < -0.39 is 0 Å². The minimum absolute atomic E-state index is 0.799. The van der Waals surface area contributed by atoms with Crippen molar-refractivity contribution in [3.63, 3.8) is 0 Å². The smallest absolute Gasteiger partial charge is 0.0247 e. The topological polar surface area (TPSA) is 0 Å². The Morgan fingerprint density at radius 2 is 2.29 bits per heavy atom. The first-order valence-corrected chi connectivity index (χ1v) is 3.15. The summed E-state index contributed by atoms with van der Waals surface area (Å²) in [5.74, 6) is 0.799. The summed E-state index contributed by atoms with van der Waals surface area (Å²) in [6.45, 7) is 4.16. The Kier molecular flexibility index (Phi) is 4.31. The van der Waals surface area contributed by atoms with Crippen LogP contribution in [0.4, 0.5) is 0 Å². The van der Waals surface area contributed by atoms with Crippen LogP contribution in [0.5, 0.6) is 0 Å². The van der Waals surface area contributed by atoms with Gasteiger partial charge in [0.25, 0.3) is 0 Å². The maximum atomic E-state index is 4.80. The number of allylic oxidation sites excluding steroid dienone is 1. The zero-order chi connectivity index (χ0) is 5.70. The van der Waals surface area contributed by atoms with Gasteiger partial charge in [-0.05, 0) is 13.3 Å². The van der Waals surface area contributed by atoms with Gasteiger partial charge in [-0.1, -0.05) is 31.2 Å². The SMILES string of the molecule is C/C=C(\CC)C[S]. The molecule has 0 aliphatic rings. The van der Waals surface area contributed by atoms with Crippen LogP contribution < -0.4 is 0 Å². The fraction of sp³-hybridized carbons (Fsp3) is 0.667. The molecule has 0 aliphatic carbocycles. The third-order valence-electron chi connectivity index (χ3n) is 1.05. The quantitative estimate of drug-likeness (QED) is 0.485. The van der Waals surface area contributed by atoms with Crippen molar-refractivity contribution in [2.75, 3.05) is 5.75 Å². The van der Waals surface area contributed by atoms with Gasteiger partial charge in [-0.2, -0.15) is 0 Å². The third-order valence-corrected chi connectivity index (χ3v) is 1.42. The van der Waals surface area contributed by atoms with Gasteiger partial charge < -0.3 is 0 Å². The van der Waals surface area contributed by atoms with Crippen molar-refractivity contribution < 1.29 is 0 Å². The molecule has 0 saturated carbocycles. The second-order valence-corrected chi connectivity index (χ2v) is 1.73. The molecule has 0 N–H and O–H groups in total. The summed E-state index contributed by atoms with van der Waals surface area (Å²) in [7, 11) is 0. The van der Waals surface area contributed by atoms with Crippen molar-refractivity contribution in [1.82, 2.24) is 0 Å². The molecule has 1 heteroatoms. The van der Waals surface area contributed by atoms with Crippen LogP contribution in [0.3, 0.4) is 0 Å². The second-order valence-electron chi connectivity index (χ2n) is 1.44. The standard InChI is InChI=1S/C6H11S/c1-3-6(4-2)5-7/h3H,4-5H2,1-2H3/b6-3+. The van der Waals surface area contributed by atoms with Gasteiger partial charge in [0.1, 0.15) is 0 Å². The van der Waals surface area contributed by atoms with E-state index in [1.165, 1.54) is 5.57 Å². The van der Waals surface area contributed by atoms with Crippen LogP contribution in [0.25, 0.3) is 0 Å².